The van der Waals surface area contributed by atoms with Crippen molar-refractivity contribution < 1.29 is 24.6 Å². The molecule has 15 heteroatoms. The Bertz CT molecular complexity index is 789. The number of hydrogen-bond acceptors (Lipinski definition) is 13. The molecule has 1 aliphatic rings. The molecule has 3 atom stereocenters. The Kier molecular flexibility index (Phi) is 12.0. The van der Waals surface area contributed by atoms with Crippen molar-refractivity contribution >= 4 is 23.5 Å². The topological polar surface area (TPSA) is 164 Å². The number of nitrogens with one attached hydrogen (secondary N) is 2. The number of hydrogen-bond donors (Lipinski definition) is 2. The minimum atomic E-state index is -0.798. The molecule has 1 saturated heterocycles. The van der Waals surface area contributed by atoms with E-state index in [0.717, 1.165) is 11.4 Å². The van der Waals surface area contributed by atoms with Crippen molar-refractivity contribution in [2.45, 2.75) is 87.9 Å². The highest BCUT2D eigenvalue weighted by Gasteiger charge is 2.46. The maximum Gasteiger partial charge on any atom is 0.294 e. The fourth-order valence-electron chi connectivity index (χ4n) is 3.92. The molecule has 0 aliphatic carbocycles. The molecule has 0 bridgehead atoms. The largest absolute Gasteiger partial charge is 0.382 e. The zero-order valence-electron chi connectivity index (χ0n) is 21.6. The average molecular weight is 539 g/mol. The van der Waals surface area contributed by atoms with Gasteiger partial charge in [-0.2, -0.15) is 8.75 Å². The summed E-state index contributed by atoms with van der Waals surface area (Å²) >= 11 is 2.80. The van der Waals surface area contributed by atoms with E-state index in [1.54, 1.807) is 18.0 Å². The van der Waals surface area contributed by atoms with E-state index in [2.05, 4.69) is 56.8 Å². The number of thioether (sulfide) groups is 1. The van der Waals surface area contributed by atoms with Gasteiger partial charge in [-0.3, -0.25) is 0 Å². The highest BCUT2D eigenvalue weighted by molar-refractivity contribution is 7.99. The number of nitrogens with zero attached hydrogens (tertiary/aromatic N) is 4. The van der Waals surface area contributed by atoms with Crippen molar-refractivity contribution in [2.24, 2.45) is 5.92 Å². The summed E-state index contributed by atoms with van der Waals surface area (Å²) < 4.78 is 13.0. The van der Waals surface area contributed by atoms with Gasteiger partial charge in [0.15, 0.2) is 0 Å². The van der Waals surface area contributed by atoms with E-state index in [0.29, 0.717) is 6.54 Å². The maximum absolute atomic E-state index is 10.5. The Morgan fingerprint density at radius 2 is 1.94 bits per heavy atom. The molecule has 0 spiro atoms. The van der Waals surface area contributed by atoms with Gasteiger partial charge in [-0.05, 0) is 54.9 Å². The molecule has 1 aliphatic heterocycles. The van der Waals surface area contributed by atoms with Crippen LogP contribution in [-0.2, 0) is 14.4 Å². The molecule has 0 saturated carbocycles. The summed E-state index contributed by atoms with van der Waals surface area (Å²) in [5.41, 5.74) is -0.402. The molecule has 202 valence electrons. The predicted octanol–water partition coefficient (Wildman–Crippen LogP) is 2.97. The van der Waals surface area contributed by atoms with Crippen molar-refractivity contribution in [2.75, 3.05) is 26.9 Å². The van der Waals surface area contributed by atoms with Crippen LogP contribution in [0.15, 0.2) is 11.2 Å². The van der Waals surface area contributed by atoms with Gasteiger partial charge in [-0.15, -0.1) is 20.2 Å². The van der Waals surface area contributed by atoms with Gasteiger partial charge in [0.2, 0.25) is 0 Å². The summed E-state index contributed by atoms with van der Waals surface area (Å²) in [6.45, 7) is 15.0. The summed E-state index contributed by atoms with van der Waals surface area (Å²) in [4.78, 5) is 29.7. The van der Waals surface area contributed by atoms with Crippen LogP contribution in [0.25, 0.3) is 0 Å². The van der Waals surface area contributed by atoms with Gasteiger partial charge >= 0.3 is 0 Å². The number of piperidine rings is 1. The lowest BCUT2D eigenvalue weighted by Gasteiger charge is -2.51. The van der Waals surface area contributed by atoms with Crippen molar-refractivity contribution in [3.63, 3.8) is 0 Å². The summed E-state index contributed by atoms with van der Waals surface area (Å²) in [7, 11) is 1.48. The highest BCUT2D eigenvalue weighted by Crippen LogP contribution is 2.42. The molecule has 2 heterocycles. The minimum absolute atomic E-state index is 0.00243. The lowest BCUT2D eigenvalue weighted by atomic mass is 9.74. The molecule has 13 nitrogen and oxygen atoms in total. The minimum Gasteiger partial charge on any atom is -0.382 e. The lowest BCUT2D eigenvalue weighted by Crippen LogP contribution is -2.64. The first kappa shape index (κ1) is 31.2. The fourth-order valence-corrected chi connectivity index (χ4v) is 6.09. The van der Waals surface area contributed by atoms with Crippen LogP contribution in [0.4, 0.5) is 0 Å². The molecule has 2 unspecified atom stereocenters. The van der Waals surface area contributed by atoms with E-state index in [-0.39, 0.29) is 41.0 Å². The van der Waals surface area contributed by atoms with Crippen LogP contribution in [0, 0.1) is 26.1 Å². The van der Waals surface area contributed by atoms with E-state index in [1.807, 2.05) is 20.8 Å². The Morgan fingerprint density at radius 3 is 2.43 bits per heavy atom. The van der Waals surface area contributed by atoms with Crippen molar-refractivity contribution in [3.8, 4) is 0 Å². The third-order valence-corrected chi connectivity index (χ3v) is 7.00. The van der Waals surface area contributed by atoms with Gasteiger partial charge in [-0.25, -0.2) is 0 Å². The van der Waals surface area contributed by atoms with E-state index < -0.39 is 16.3 Å². The molecule has 1 aromatic heterocycles. The van der Waals surface area contributed by atoms with Crippen LogP contribution in [0.1, 0.15) is 54.9 Å². The molecule has 1 aromatic rings. The van der Waals surface area contributed by atoms with E-state index in [4.69, 9.17) is 4.74 Å². The number of aromatic nitrogens is 2. The van der Waals surface area contributed by atoms with Gasteiger partial charge in [0.25, 0.3) is 10.2 Å². The third kappa shape index (κ3) is 12.6. The molecule has 1 fully saturated rings. The van der Waals surface area contributed by atoms with Crippen molar-refractivity contribution in [1.82, 2.24) is 19.4 Å². The molecule has 2 rings (SSSR count). The first-order valence-electron chi connectivity index (χ1n) is 11.1. The Labute approximate surface area is 214 Å². The van der Waals surface area contributed by atoms with Gasteiger partial charge in [0.05, 0.1) is 24.5 Å². The zero-order chi connectivity index (χ0) is 26.9. The maximum atomic E-state index is 10.5. The van der Waals surface area contributed by atoms with E-state index >= 15 is 0 Å². The molecule has 0 aromatic carbocycles. The first-order chi connectivity index (χ1) is 16.0. The molecular weight excluding hydrogens is 500 g/mol. The number of methoxy groups -OCH3 is 1. The van der Waals surface area contributed by atoms with Gasteiger partial charge in [-0.1, -0.05) is 11.8 Å². The number of rotatable bonds is 11. The second-order valence-corrected chi connectivity index (χ2v) is 12.3. The van der Waals surface area contributed by atoms with Crippen LogP contribution < -0.4 is 10.6 Å². The Morgan fingerprint density at radius 1 is 1.29 bits per heavy atom. The van der Waals surface area contributed by atoms with E-state index in [9.17, 15) is 20.2 Å². The van der Waals surface area contributed by atoms with Gasteiger partial charge in [0, 0.05) is 41.4 Å². The first-order valence-corrected chi connectivity index (χ1v) is 12.7. The lowest BCUT2D eigenvalue weighted by molar-refractivity contribution is -0.768. The molecule has 35 heavy (non-hydrogen) atoms. The van der Waals surface area contributed by atoms with Crippen LogP contribution in [0.3, 0.4) is 0 Å². The van der Waals surface area contributed by atoms with Gasteiger partial charge in [0.1, 0.15) is 17.7 Å². The smallest absolute Gasteiger partial charge is 0.294 e. The highest BCUT2D eigenvalue weighted by atomic mass is 32.2. The predicted molar refractivity (Wildman–Crippen MR) is 133 cm³/mol. The van der Waals surface area contributed by atoms with Crippen LogP contribution in [0.2, 0.25) is 0 Å². The summed E-state index contributed by atoms with van der Waals surface area (Å²) in [5, 5.41) is 26.8. The Balaban J connectivity index is 0.000000383. The third-order valence-electron chi connectivity index (χ3n) is 5.17. The van der Waals surface area contributed by atoms with Gasteiger partial charge < -0.3 is 25.0 Å². The van der Waals surface area contributed by atoms with Crippen LogP contribution in [0.5, 0.6) is 0 Å². The van der Waals surface area contributed by atoms with Crippen molar-refractivity contribution in [1.29, 1.82) is 0 Å². The average Bonchev–Trinajstić information content (AvgIpc) is 3.16. The molecular formula is C20H38N6O7S2. The van der Waals surface area contributed by atoms with Crippen LogP contribution in [-0.4, -0.2) is 73.8 Å². The fraction of sp³-hybridized carbons (Fsp3) is 0.900. The van der Waals surface area contributed by atoms with Crippen molar-refractivity contribution in [3.05, 3.63) is 26.4 Å². The Hall–Kier alpha value is -1.81. The second-order valence-electron chi connectivity index (χ2n) is 10.5. The van der Waals surface area contributed by atoms with E-state index in [1.165, 1.54) is 18.8 Å². The summed E-state index contributed by atoms with van der Waals surface area (Å²) in [6, 6.07) is 0. The summed E-state index contributed by atoms with van der Waals surface area (Å²) in [5.74, 6) is 0.00243. The normalized spacial score (nSPS) is 21.8. The molecule has 0 radical (unpaired) electrons. The zero-order valence-corrected chi connectivity index (χ0v) is 23.2. The molecule has 0 amide bonds. The second kappa shape index (κ2) is 13.5. The number of ether oxygens (including phenoxy) is 1. The monoisotopic (exact) mass is 538 g/mol. The quantitative estimate of drug-likeness (QED) is 0.313. The summed E-state index contributed by atoms with van der Waals surface area (Å²) in [6.07, 6.45) is 2.06. The SMILES string of the molecule is CC1(C)CC(Sc2cnsn2)C(CO[N+](=O)[O-])C(C)(C)N1.COC[C@H](CNC(C)(C)C)O[N+](=O)[O-]. The standard InChI is InChI=1S/C12H20N4O3S2.C8H18N2O4/c1-11(2)5-9(20-10-6-13-21-14-10)8(7-19-16(17)18)12(3,4)15-11;1-8(2,3)9-5-7(6-13-4)14-10(11)12/h6,8-9,15H,5,7H2,1-4H3;7,9H,5-6H2,1-4H3/t;7-/m.0/s1. The van der Waals surface area contributed by atoms with Crippen LogP contribution >= 0.6 is 23.5 Å². The molecule has 2 N–H and O–H groups in total.